The fraction of sp³-hybridized carbons (Fsp3) is 0.818. The Morgan fingerprint density at radius 2 is 1.94 bits per heavy atom. The van der Waals surface area contributed by atoms with E-state index < -0.39 is 12.0 Å². The van der Waals surface area contributed by atoms with E-state index >= 15 is 0 Å². The van der Waals surface area contributed by atoms with Crippen LogP contribution in [-0.2, 0) is 14.3 Å². The highest BCUT2D eigenvalue weighted by Crippen LogP contribution is 2.06. The molecule has 0 aliphatic heterocycles. The Labute approximate surface area is 107 Å². The summed E-state index contributed by atoms with van der Waals surface area (Å²) in [6.45, 7) is 5.38. The van der Waals surface area contributed by atoms with Gasteiger partial charge in [0.2, 0.25) is 5.91 Å². The van der Waals surface area contributed by atoms with E-state index in [4.69, 9.17) is 5.73 Å². The molecule has 1 amide bonds. The Balaban J connectivity index is 3.71. The van der Waals surface area contributed by atoms with Crippen LogP contribution in [0, 0.1) is 0 Å². The first-order valence-electron chi connectivity index (χ1n) is 5.75. The highest BCUT2D eigenvalue weighted by molar-refractivity contribution is 7.99. The van der Waals surface area contributed by atoms with Crippen molar-refractivity contribution in [3.63, 3.8) is 0 Å². The molecule has 1 unspecified atom stereocenters. The van der Waals surface area contributed by atoms with Crippen molar-refractivity contribution in [3.05, 3.63) is 0 Å². The lowest BCUT2D eigenvalue weighted by molar-refractivity contribution is -0.142. The van der Waals surface area contributed by atoms with Crippen LogP contribution >= 0.6 is 11.8 Å². The summed E-state index contributed by atoms with van der Waals surface area (Å²) in [4.78, 5) is 24.4. The van der Waals surface area contributed by atoms with Crippen LogP contribution in [0.2, 0.25) is 0 Å². The van der Waals surface area contributed by atoms with Crippen molar-refractivity contribution >= 4 is 23.6 Å². The number of rotatable bonds is 8. The molecule has 0 spiro atoms. The summed E-state index contributed by atoms with van der Waals surface area (Å²) in [6, 6.07) is -0.587. The van der Waals surface area contributed by atoms with E-state index in [9.17, 15) is 9.59 Å². The first kappa shape index (κ1) is 16.2. The molecule has 5 nitrogen and oxygen atoms in total. The quantitative estimate of drug-likeness (QED) is 0.509. The van der Waals surface area contributed by atoms with Gasteiger partial charge >= 0.3 is 5.97 Å². The average Bonchev–Trinajstić information content (AvgIpc) is 2.34. The predicted molar refractivity (Wildman–Crippen MR) is 69.9 cm³/mol. The minimum absolute atomic E-state index is 0.131. The van der Waals surface area contributed by atoms with E-state index in [-0.39, 0.29) is 5.91 Å². The second-order valence-corrected chi connectivity index (χ2v) is 4.64. The maximum absolute atomic E-state index is 11.6. The number of methoxy groups -OCH3 is 1. The highest BCUT2D eigenvalue weighted by Gasteiger charge is 2.14. The number of hydrogen-bond donors (Lipinski definition) is 1. The fourth-order valence-electron chi connectivity index (χ4n) is 1.31. The maximum atomic E-state index is 11.6. The standard InChI is InChI=1S/C11H22N2O3S/c1-4-13(5-2)10(14)8-17-7-6-9(12)11(15)16-3/h9H,4-8,12H2,1-3H3. The van der Waals surface area contributed by atoms with Crippen LogP contribution in [-0.4, -0.2) is 54.5 Å². The summed E-state index contributed by atoms with van der Waals surface area (Å²) < 4.78 is 4.51. The van der Waals surface area contributed by atoms with Crippen LogP contribution in [0.4, 0.5) is 0 Å². The number of thioether (sulfide) groups is 1. The fourth-order valence-corrected chi connectivity index (χ4v) is 2.23. The minimum Gasteiger partial charge on any atom is -0.468 e. The molecular formula is C11H22N2O3S. The van der Waals surface area contributed by atoms with Crippen molar-refractivity contribution in [2.24, 2.45) is 5.73 Å². The van der Waals surface area contributed by atoms with Crippen LogP contribution in [0.1, 0.15) is 20.3 Å². The molecule has 0 radical (unpaired) electrons. The second-order valence-electron chi connectivity index (χ2n) is 3.54. The number of carbonyl (C=O) groups excluding carboxylic acids is 2. The lowest BCUT2D eigenvalue weighted by Gasteiger charge is -2.18. The van der Waals surface area contributed by atoms with E-state index in [1.807, 2.05) is 13.8 Å². The zero-order valence-corrected chi connectivity index (χ0v) is 11.6. The molecule has 2 N–H and O–H groups in total. The third-order valence-corrected chi connectivity index (χ3v) is 3.39. The largest absolute Gasteiger partial charge is 0.468 e. The first-order valence-corrected chi connectivity index (χ1v) is 6.91. The molecule has 1 atom stereocenters. The van der Waals surface area contributed by atoms with Crippen molar-refractivity contribution in [2.75, 3.05) is 31.7 Å². The first-order chi connectivity index (χ1) is 8.06. The van der Waals surface area contributed by atoms with E-state index in [0.717, 1.165) is 13.1 Å². The number of amides is 1. The van der Waals surface area contributed by atoms with Gasteiger partial charge in [0.05, 0.1) is 12.9 Å². The molecular weight excluding hydrogens is 240 g/mol. The van der Waals surface area contributed by atoms with Crippen molar-refractivity contribution < 1.29 is 14.3 Å². The molecule has 6 heteroatoms. The molecule has 0 aromatic carbocycles. The van der Waals surface area contributed by atoms with Crippen LogP contribution < -0.4 is 5.73 Å². The minimum atomic E-state index is -0.587. The molecule has 0 fully saturated rings. The Bertz CT molecular complexity index is 245. The second kappa shape index (κ2) is 9.30. The average molecular weight is 262 g/mol. The smallest absolute Gasteiger partial charge is 0.322 e. The number of esters is 1. The van der Waals surface area contributed by atoms with Gasteiger partial charge in [-0.1, -0.05) is 0 Å². The Morgan fingerprint density at radius 3 is 2.41 bits per heavy atom. The van der Waals surface area contributed by atoms with Gasteiger partial charge in [-0.25, -0.2) is 0 Å². The number of nitrogens with two attached hydrogens (primary N) is 1. The van der Waals surface area contributed by atoms with Gasteiger partial charge < -0.3 is 15.4 Å². The van der Waals surface area contributed by atoms with Gasteiger partial charge in [0, 0.05) is 13.1 Å². The maximum Gasteiger partial charge on any atom is 0.322 e. The Morgan fingerprint density at radius 1 is 1.35 bits per heavy atom. The number of hydrogen-bond acceptors (Lipinski definition) is 5. The third-order valence-electron chi connectivity index (χ3n) is 2.42. The summed E-state index contributed by atoms with van der Waals surface area (Å²) in [5.74, 6) is 0.853. The molecule has 0 saturated carbocycles. The third kappa shape index (κ3) is 6.53. The van der Waals surface area contributed by atoms with Gasteiger partial charge in [-0.15, -0.1) is 0 Å². The van der Waals surface area contributed by atoms with Gasteiger partial charge in [0.1, 0.15) is 6.04 Å². The molecule has 100 valence electrons. The van der Waals surface area contributed by atoms with Crippen LogP contribution in [0.25, 0.3) is 0 Å². The zero-order chi connectivity index (χ0) is 13.3. The summed E-state index contributed by atoms with van der Waals surface area (Å²) in [5.41, 5.74) is 5.57. The summed E-state index contributed by atoms with van der Waals surface area (Å²) >= 11 is 1.50. The van der Waals surface area contributed by atoms with Gasteiger partial charge in [-0.2, -0.15) is 11.8 Å². The van der Waals surface area contributed by atoms with Crippen LogP contribution in [0.5, 0.6) is 0 Å². The topological polar surface area (TPSA) is 72.6 Å². The Hall–Kier alpha value is -0.750. The lowest BCUT2D eigenvalue weighted by Crippen LogP contribution is -2.33. The van der Waals surface area contributed by atoms with Gasteiger partial charge in [0.15, 0.2) is 0 Å². The predicted octanol–water partition coefficient (Wildman–Crippen LogP) is 0.478. The molecule has 0 aliphatic carbocycles. The summed E-state index contributed by atoms with van der Waals surface area (Å²) in [5, 5.41) is 0. The normalized spacial score (nSPS) is 12.0. The number of nitrogens with zero attached hydrogens (tertiary/aromatic N) is 1. The van der Waals surface area contributed by atoms with Crippen molar-refractivity contribution in [1.82, 2.24) is 4.90 Å². The van der Waals surface area contributed by atoms with Gasteiger partial charge in [0.25, 0.3) is 0 Å². The van der Waals surface area contributed by atoms with E-state index in [0.29, 0.717) is 17.9 Å². The molecule has 0 bridgehead atoms. The molecule has 0 rings (SSSR count). The molecule has 0 aromatic rings. The number of carbonyl (C=O) groups is 2. The number of ether oxygens (including phenoxy) is 1. The van der Waals surface area contributed by atoms with E-state index in [1.54, 1.807) is 4.90 Å². The molecule has 0 aromatic heterocycles. The van der Waals surface area contributed by atoms with E-state index in [1.165, 1.54) is 18.9 Å². The van der Waals surface area contributed by atoms with Gasteiger partial charge in [-0.05, 0) is 26.0 Å². The molecule has 0 aliphatic rings. The van der Waals surface area contributed by atoms with E-state index in [2.05, 4.69) is 4.74 Å². The summed E-state index contributed by atoms with van der Waals surface area (Å²) in [7, 11) is 1.32. The zero-order valence-electron chi connectivity index (χ0n) is 10.8. The molecule has 0 heterocycles. The monoisotopic (exact) mass is 262 g/mol. The highest BCUT2D eigenvalue weighted by atomic mass is 32.2. The lowest BCUT2D eigenvalue weighted by atomic mass is 10.2. The van der Waals surface area contributed by atoms with Crippen LogP contribution in [0.3, 0.4) is 0 Å². The SMILES string of the molecule is CCN(CC)C(=O)CSCCC(N)C(=O)OC. The van der Waals surface area contributed by atoms with Gasteiger partial charge in [-0.3, -0.25) is 9.59 Å². The molecule has 17 heavy (non-hydrogen) atoms. The Kier molecular flexibility index (Phi) is 8.89. The summed E-state index contributed by atoms with van der Waals surface area (Å²) in [6.07, 6.45) is 0.531. The van der Waals surface area contributed by atoms with Crippen molar-refractivity contribution in [3.8, 4) is 0 Å². The van der Waals surface area contributed by atoms with Crippen molar-refractivity contribution in [2.45, 2.75) is 26.3 Å². The van der Waals surface area contributed by atoms with Crippen LogP contribution in [0.15, 0.2) is 0 Å². The molecule has 0 saturated heterocycles. The van der Waals surface area contributed by atoms with Crippen molar-refractivity contribution in [1.29, 1.82) is 0 Å².